The van der Waals surface area contributed by atoms with Crippen molar-refractivity contribution in [1.29, 1.82) is 0 Å². The Labute approximate surface area is 133 Å². The molecule has 1 aromatic carbocycles. The maximum absolute atomic E-state index is 5.38. The van der Waals surface area contributed by atoms with Gasteiger partial charge in [-0.25, -0.2) is 4.98 Å². The van der Waals surface area contributed by atoms with E-state index in [-0.39, 0.29) is 0 Å². The predicted octanol–water partition coefficient (Wildman–Crippen LogP) is 4.69. The van der Waals surface area contributed by atoms with Gasteiger partial charge in [-0.05, 0) is 19.3 Å². The standard InChI is InChI=1S/C17H17N3OS/c1-2-15-18-14(10-22-15)11-6-8-12(9-7-11)16-19-17(21-20-16)13-4-3-5-13/h6-10,13H,2-5H2,1H3. The van der Waals surface area contributed by atoms with Crippen LogP contribution in [-0.2, 0) is 6.42 Å². The van der Waals surface area contributed by atoms with Crippen molar-refractivity contribution in [2.45, 2.75) is 38.5 Å². The average Bonchev–Trinajstić information content (AvgIpc) is 3.15. The number of aryl methyl sites for hydroxylation is 1. The van der Waals surface area contributed by atoms with Crippen molar-refractivity contribution < 1.29 is 4.52 Å². The molecule has 0 bridgehead atoms. The minimum absolute atomic E-state index is 0.475. The monoisotopic (exact) mass is 311 g/mol. The minimum atomic E-state index is 0.475. The fourth-order valence-electron chi connectivity index (χ4n) is 2.57. The third-order valence-corrected chi connectivity index (χ3v) is 5.18. The second-order valence-electron chi connectivity index (χ2n) is 5.64. The Kier molecular flexibility index (Phi) is 3.50. The average molecular weight is 311 g/mol. The van der Waals surface area contributed by atoms with Crippen molar-refractivity contribution in [3.8, 4) is 22.6 Å². The minimum Gasteiger partial charge on any atom is -0.339 e. The molecule has 1 aliphatic carbocycles. The number of benzene rings is 1. The van der Waals surface area contributed by atoms with Crippen molar-refractivity contribution in [1.82, 2.24) is 15.1 Å². The Bertz CT molecular complexity index is 771. The van der Waals surface area contributed by atoms with Gasteiger partial charge in [0.25, 0.3) is 0 Å². The topological polar surface area (TPSA) is 51.8 Å². The Morgan fingerprint density at radius 2 is 1.91 bits per heavy atom. The zero-order chi connectivity index (χ0) is 14.9. The highest BCUT2D eigenvalue weighted by Gasteiger charge is 2.25. The largest absolute Gasteiger partial charge is 0.339 e. The summed E-state index contributed by atoms with van der Waals surface area (Å²) in [5.41, 5.74) is 3.16. The molecule has 3 aromatic rings. The molecule has 1 fully saturated rings. The van der Waals surface area contributed by atoms with Crippen LogP contribution in [0.25, 0.3) is 22.6 Å². The third kappa shape index (κ3) is 2.46. The van der Waals surface area contributed by atoms with E-state index in [0.29, 0.717) is 11.7 Å². The van der Waals surface area contributed by atoms with E-state index < -0.39 is 0 Å². The van der Waals surface area contributed by atoms with Crippen molar-refractivity contribution in [3.05, 3.63) is 40.5 Å². The first kappa shape index (κ1) is 13.6. The van der Waals surface area contributed by atoms with Gasteiger partial charge in [-0.2, -0.15) is 4.98 Å². The summed E-state index contributed by atoms with van der Waals surface area (Å²) in [6.07, 6.45) is 4.59. The van der Waals surface area contributed by atoms with Gasteiger partial charge in [0.2, 0.25) is 11.7 Å². The molecule has 0 saturated heterocycles. The van der Waals surface area contributed by atoms with E-state index in [9.17, 15) is 0 Å². The van der Waals surface area contributed by atoms with Crippen LogP contribution in [-0.4, -0.2) is 15.1 Å². The van der Waals surface area contributed by atoms with Crippen LogP contribution in [0.2, 0.25) is 0 Å². The summed E-state index contributed by atoms with van der Waals surface area (Å²) in [5, 5.41) is 7.39. The molecule has 4 rings (SSSR count). The maximum atomic E-state index is 5.38. The lowest BCUT2D eigenvalue weighted by molar-refractivity contribution is 0.292. The zero-order valence-electron chi connectivity index (χ0n) is 12.5. The molecule has 2 aromatic heterocycles. The van der Waals surface area contributed by atoms with Crippen LogP contribution >= 0.6 is 11.3 Å². The lowest BCUT2D eigenvalue weighted by atomic mass is 9.85. The first-order valence-electron chi connectivity index (χ1n) is 7.72. The fraction of sp³-hybridized carbons (Fsp3) is 0.353. The summed E-state index contributed by atoms with van der Waals surface area (Å²) in [6.45, 7) is 2.13. The van der Waals surface area contributed by atoms with Crippen LogP contribution in [0, 0.1) is 0 Å². The van der Waals surface area contributed by atoms with E-state index in [1.807, 2.05) is 12.1 Å². The first-order chi connectivity index (χ1) is 10.8. The molecular weight excluding hydrogens is 294 g/mol. The molecule has 5 heteroatoms. The van der Waals surface area contributed by atoms with Gasteiger partial charge < -0.3 is 4.52 Å². The summed E-state index contributed by atoms with van der Waals surface area (Å²) in [5.74, 6) is 1.95. The Balaban J connectivity index is 1.57. The number of rotatable bonds is 4. The van der Waals surface area contributed by atoms with Gasteiger partial charge in [0.15, 0.2) is 0 Å². The molecule has 0 unspecified atom stereocenters. The highest BCUT2D eigenvalue weighted by Crippen LogP contribution is 2.36. The molecule has 0 spiro atoms. The molecule has 0 aliphatic heterocycles. The van der Waals surface area contributed by atoms with Gasteiger partial charge in [0.1, 0.15) is 0 Å². The Morgan fingerprint density at radius 3 is 2.55 bits per heavy atom. The van der Waals surface area contributed by atoms with Gasteiger partial charge >= 0.3 is 0 Å². The van der Waals surface area contributed by atoms with Crippen LogP contribution in [0.3, 0.4) is 0 Å². The van der Waals surface area contributed by atoms with Crippen LogP contribution in [0.15, 0.2) is 34.2 Å². The van der Waals surface area contributed by atoms with Crippen molar-refractivity contribution >= 4 is 11.3 Å². The zero-order valence-corrected chi connectivity index (χ0v) is 13.3. The summed E-state index contributed by atoms with van der Waals surface area (Å²) < 4.78 is 5.38. The highest BCUT2D eigenvalue weighted by molar-refractivity contribution is 7.09. The van der Waals surface area contributed by atoms with E-state index in [0.717, 1.165) is 29.1 Å². The number of aromatic nitrogens is 3. The lowest BCUT2D eigenvalue weighted by Crippen LogP contribution is -2.08. The van der Waals surface area contributed by atoms with Gasteiger partial charge in [0, 0.05) is 22.4 Å². The van der Waals surface area contributed by atoms with E-state index >= 15 is 0 Å². The third-order valence-electron chi connectivity index (χ3n) is 4.19. The van der Waals surface area contributed by atoms with Gasteiger partial charge in [-0.15, -0.1) is 11.3 Å². The van der Waals surface area contributed by atoms with Crippen LogP contribution in [0.5, 0.6) is 0 Å². The highest BCUT2D eigenvalue weighted by atomic mass is 32.1. The number of thiazole rings is 1. The van der Waals surface area contributed by atoms with Crippen molar-refractivity contribution in [3.63, 3.8) is 0 Å². The summed E-state index contributed by atoms with van der Waals surface area (Å²) in [7, 11) is 0. The Hall–Kier alpha value is -2.01. The van der Waals surface area contributed by atoms with Crippen LogP contribution in [0.1, 0.15) is 43.0 Å². The summed E-state index contributed by atoms with van der Waals surface area (Å²) >= 11 is 1.71. The molecule has 2 heterocycles. The van der Waals surface area contributed by atoms with Gasteiger partial charge in [-0.3, -0.25) is 0 Å². The second kappa shape index (κ2) is 5.65. The first-order valence-corrected chi connectivity index (χ1v) is 8.60. The van der Waals surface area contributed by atoms with Crippen LogP contribution in [0.4, 0.5) is 0 Å². The molecule has 0 atom stereocenters. The number of hydrogen-bond donors (Lipinski definition) is 0. The molecule has 1 aliphatic rings. The summed E-state index contributed by atoms with van der Waals surface area (Å²) in [4.78, 5) is 9.15. The van der Waals surface area contributed by atoms with E-state index in [1.165, 1.54) is 24.3 Å². The fourth-order valence-corrected chi connectivity index (χ4v) is 3.32. The molecule has 112 valence electrons. The summed E-state index contributed by atoms with van der Waals surface area (Å²) in [6, 6.07) is 8.22. The maximum Gasteiger partial charge on any atom is 0.230 e. The van der Waals surface area contributed by atoms with E-state index in [2.05, 4.69) is 39.6 Å². The quantitative estimate of drug-likeness (QED) is 0.701. The lowest BCUT2D eigenvalue weighted by Gasteiger charge is -2.20. The molecule has 22 heavy (non-hydrogen) atoms. The number of hydrogen-bond acceptors (Lipinski definition) is 5. The second-order valence-corrected chi connectivity index (χ2v) is 6.58. The van der Waals surface area contributed by atoms with E-state index in [4.69, 9.17) is 4.52 Å². The normalized spacial score (nSPS) is 15.0. The van der Waals surface area contributed by atoms with Gasteiger partial charge in [-0.1, -0.05) is 42.8 Å². The van der Waals surface area contributed by atoms with Gasteiger partial charge in [0.05, 0.1) is 10.7 Å². The van der Waals surface area contributed by atoms with Crippen LogP contribution < -0.4 is 0 Å². The number of nitrogens with zero attached hydrogens (tertiary/aromatic N) is 3. The van der Waals surface area contributed by atoms with Crippen molar-refractivity contribution in [2.24, 2.45) is 0 Å². The SMILES string of the molecule is CCc1nc(-c2ccc(-c3noc(C4CCC4)n3)cc2)cs1. The molecular formula is C17H17N3OS. The molecule has 0 N–H and O–H groups in total. The molecule has 1 saturated carbocycles. The van der Waals surface area contributed by atoms with E-state index in [1.54, 1.807) is 11.3 Å². The smallest absolute Gasteiger partial charge is 0.230 e. The molecule has 0 radical (unpaired) electrons. The molecule has 4 nitrogen and oxygen atoms in total. The predicted molar refractivity (Wildman–Crippen MR) is 86.8 cm³/mol. The Morgan fingerprint density at radius 1 is 1.14 bits per heavy atom. The molecule has 0 amide bonds. The van der Waals surface area contributed by atoms with Crippen molar-refractivity contribution in [2.75, 3.05) is 0 Å².